The van der Waals surface area contributed by atoms with Crippen molar-refractivity contribution in [2.75, 3.05) is 0 Å². The average molecular weight is 218 g/mol. The summed E-state index contributed by atoms with van der Waals surface area (Å²) >= 11 is 1.84. The maximum atomic E-state index is 6.06. The summed E-state index contributed by atoms with van der Waals surface area (Å²) in [5.41, 5.74) is 6.06. The summed E-state index contributed by atoms with van der Waals surface area (Å²) in [5, 5.41) is 0. The van der Waals surface area contributed by atoms with Gasteiger partial charge in [-0.25, -0.2) is 0 Å². The van der Waals surface area contributed by atoms with Crippen LogP contribution in [0.2, 0.25) is 0 Å². The first kappa shape index (κ1) is 11.0. The summed E-state index contributed by atoms with van der Waals surface area (Å²) in [6.45, 7) is 2.14. The van der Waals surface area contributed by atoms with Crippen LogP contribution in [0, 0.1) is 12.8 Å². The highest BCUT2D eigenvalue weighted by Gasteiger charge is 2.24. The Bertz CT molecular complexity index is 268. The molecule has 0 unspecified atom stereocenters. The lowest BCUT2D eigenvalue weighted by atomic mass is 10.1. The first-order chi connectivity index (χ1) is 5.75. The molecule has 2 N–H and O–H groups in total. The van der Waals surface area contributed by atoms with Crippen molar-refractivity contribution in [3.63, 3.8) is 0 Å². The predicted octanol–water partition coefficient (Wildman–Crippen LogP) is 3.28. The molecule has 3 heteroatoms. The third-order valence-corrected chi connectivity index (χ3v) is 3.54. The quantitative estimate of drug-likeness (QED) is 0.827. The van der Waals surface area contributed by atoms with Crippen LogP contribution in [0.5, 0.6) is 0 Å². The van der Waals surface area contributed by atoms with Gasteiger partial charge in [0.2, 0.25) is 0 Å². The van der Waals surface area contributed by atoms with E-state index in [0.29, 0.717) is 6.04 Å². The number of hydrogen-bond acceptors (Lipinski definition) is 2. The van der Waals surface area contributed by atoms with Crippen LogP contribution in [-0.4, -0.2) is 0 Å². The molecule has 1 aromatic rings. The topological polar surface area (TPSA) is 26.0 Å². The average Bonchev–Trinajstić information content (AvgIpc) is 2.72. The minimum atomic E-state index is 0. The highest BCUT2D eigenvalue weighted by Crippen LogP contribution is 2.37. The fourth-order valence-corrected chi connectivity index (χ4v) is 2.37. The normalized spacial score (nSPS) is 18.0. The first-order valence-electron chi connectivity index (χ1n) is 4.57. The van der Waals surface area contributed by atoms with Gasteiger partial charge in [-0.1, -0.05) is 12.8 Å². The lowest BCUT2D eigenvalue weighted by Gasteiger charge is -2.07. The summed E-state index contributed by atoms with van der Waals surface area (Å²) in [5.74, 6) is 0.933. The van der Waals surface area contributed by atoms with Crippen molar-refractivity contribution in [2.45, 2.75) is 32.2 Å². The minimum Gasteiger partial charge on any atom is -0.323 e. The zero-order valence-electron chi connectivity index (χ0n) is 7.82. The minimum absolute atomic E-state index is 0. The Morgan fingerprint density at radius 1 is 1.54 bits per heavy atom. The van der Waals surface area contributed by atoms with Crippen molar-refractivity contribution >= 4 is 23.7 Å². The second-order valence-corrected chi connectivity index (χ2v) is 5.05. The molecule has 1 atom stereocenters. The summed E-state index contributed by atoms with van der Waals surface area (Å²) in [6.07, 6.45) is 4.00. The summed E-state index contributed by atoms with van der Waals surface area (Å²) in [7, 11) is 0. The molecule has 1 fully saturated rings. The van der Waals surface area contributed by atoms with E-state index in [0.717, 1.165) is 5.92 Å². The molecule has 0 amide bonds. The zero-order valence-corrected chi connectivity index (χ0v) is 9.46. The molecule has 1 aromatic heterocycles. The summed E-state index contributed by atoms with van der Waals surface area (Å²) in [6, 6.07) is 4.64. The van der Waals surface area contributed by atoms with E-state index in [2.05, 4.69) is 19.1 Å². The van der Waals surface area contributed by atoms with E-state index in [1.54, 1.807) is 0 Å². The Morgan fingerprint density at radius 2 is 2.23 bits per heavy atom. The molecule has 0 bridgehead atoms. The van der Waals surface area contributed by atoms with Gasteiger partial charge in [0.15, 0.2) is 0 Å². The van der Waals surface area contributed by atoms with Crippen molar-refractivity contribution in [3.05, 3.63) is 21.9 Å². The SMILES string of the molecule is Cc1ccc([C@@H](N)CC2CC2)s1.Cl. The maximum Gasteiger partial charge on any atom is 0.0392 e. The summed E-state index contributed by atoms with van der Waals surface area (Å²) in [4.78, 5) is 2.73. The van der Waals surface area contributed by atoms with Crippen molar-refractivity contribution in [1.29, 1.82) is 0 Å². The molecule has 0 aromatic carbocycles. The van der Waals surface area contributed by atoms with Crippen LogP contribution in [-0.2, 0) is 0 Å². The standard InChI is InChI=1S/C10H15NS.ClH/c1-7-2-5-10(12-7)9(11)6-8-3-4-8;/h2,5,8-9H,3-4,6,11H2,1H3;1H/t9-;/m0./s1. The van der Waals surface area contributed by atoms with E-state index in [1.807, 2.05) is 11.3 Å². The van der Waals surface area contributed by atoms with Gasteiger partial charge < -0.3 is 5.73 Å². The van der Waals surface area contributed by atoms with Gasteiger partial charge >= 0.3 is 0 Å². The number of thiophene rings is 1. The Kier molecular flexibility index (Phi) is 3.77. The lowest BCUT2D eigenvalue weighted by molar-refractivity contribution is 0.605. The van der Waals surface area contributed by atoms with E-state index in [1.165, 1.54) is 29.0 Å². The molecule has 1 saturated carbocycles. The van der Waals surface area contributed by atoms with Gasteiger partial charge in [0.25, 0.3) is 0 Å². The van der Waals surface area contributed by atoms with Gasteiger partial charge in [-0.3, -0.25) is 0 Å². The van der Waals surface area contributed by atoms with Gasteiger partial charge in [0.05, 0.1) is 0 Å². The molecule has 0 radical (unpaired) electrons. The highest BCUT2D eigenvalue weighted by molar-refractivity contribution is 7.12. The van der Waals surface area contributed by atoms with Crippen molar-refractivity contribution < 1.29 is 0 Å². The van der Waals surface area contributed by atoms with Gasteiger partial charge in [-0.15, -0.1) is 23.7 Å². The molecule has 1 nitrogen and oxygen atoms in total. The number of hydrogen-bond donors (Lipinski definition) is 1. The Balaban J connectivity index is 0.000000845. The molecule has 0 aliphatic heterocycles. The predicted molar refractivity (Wildman–Crippen MR) is 60.6 cm³/mol. The second-order valence-electron chi connectivity index (χ2n) is 3.73. The van der Waals surface area contributed by atoms with Crippen LogP contribution in [0.15, 0.2) is 12.1 Å². The van der Waals surface area contributed by atoms with Gasteiger partial charge in [0.1, 0.15) is 0 Å². The second kappa shape index (κ2) is 4.45. The van der Waals surface area contributed by atoms with Crippen LogP contribution in [0.3, 0.4) is 0 Å². The molecule has 0 spiro atoms. The van der Waals surface area contributed by atoms with Crippen LogP contribution < -0.4 is 5.73 Å². The Morgan fingerprint density at radius 3 is 2.69 bits per heavy atom. The Labute approximate surface area is 89.7 Å². The van der Waals surface area contributed by atoms with E-state index in [4.69, 9.17) is 5.73 Å². The van der Waals surface area contributed by atoms with Crippen LogP contribution in [0.1, 0.15) is 35.1 Å². The lowest BCUT2D eigenvalue weighted by Crippen LogP contribution is -2.08. The third kappa shape index (κ3) is 2.97. The Hall–Kier alpha value is -0.0500. The molecule has 1 heterocycles. The van der Waals surface area contributed by atoms with Crippen molar-refractivity contribution in [2.24, 2.45) is 11.7 Å². The van der Waals surface area contributed by atoms with Crippen LogP contribution >= 0.6 is 23.7 Å². The number of nitrogens with two attached hydrogens (primary N) is 1. The van der Waals surface area contributed by atoms with Crippen LogP contribution in [0.25, 0.3) is 0 Å². The number of rotatable bonds is 3. The van der Waals surface area contributed by atoms with Crippen molar-refractivity contribution in [3.8, 4) is 0 Å². The smallest absolute Gasteiger partial charge is 0.0392 e. The van der Waals surface area contributed by atoms with E-state index in [9.17, 15) is 0 Å². The number of halogens is 1. The molecule has 1 aliphatic rings. The highest BCUT2D eigenvalue weighted by atomic mass is 35.5. The van der Waals surface area contributed by atoms with Crippen molar-refractivity contribution in [1.82, 2.24) is 0 Å². The summed E-state index contributed by atoms with van der Waals surface area (Å²) < 4.78 is 0. The number of aryl methyl sites for hydroxylation is 1. The zero-order chi connectivity index (χ0) is 8.55. The van der Waals surface area contributed by atoms with E-state index in [-0.39, 0.29) is 12.4 Å². The fourth-order valence-electron chi connectivity index (χ4n) is 1.48. The fraction of sp³-hybridized carbons (Fsp3) is 0.600. The molecular weight excluding hydrogens is 202 g/mol. The molecular formula is C10H16ClNS. The maximum absolute atomic E-state index is 6.06. The van der Waals surface area contributed by atoms with E-state index >= 15 is 0 Å². The third-order valence-electron chi connectivity index (χ3n) is 2.41. The molecule has 0 saturated heterocycles. The largest absolute Gasteiger partial charge is 0.323 e. The van der Waals surface area contributed by atoms with Gasteiger partial charge in [-0.2, -0.15) is 0 Å². The first-order valence-corrected chi connectivity index (χ1v) is 5.39. The van der Waals surface area contributed by atoms with Crippen LogP contribution in [0.4, 0.5) is 0 Å². The monoisotopic (exact) mass is 217 g/mol. The van der Waals surface area contributed by atoms with Gasteiger partial charge in [0, 0.05) is 15.8 Å². The molecule has 13 heavy (non-hydrogen) atoms. The van der Waals surface area contributed by atoms with E-state index < -0.39 is 0 Å². The molecule has 2 rings (SSSR count). The molecule has 74 valence electrons. The molecule has 1 aliphatic carbocycles. The van der Waals surface area contributed by atoms with Gasteiger partial charge in [-0.05, 0) is 31.4 Å².